The van der Waals surface area contributed by atoms with Gasteiger partial charge in [0.2, 0.25) is 0 Å². The predicted molar refractivity (Wildman–Crippen MR) is 285 cm³/mol. The molecule has 0 radical (unpaired) electrons. The van der Waals surface area contributed by atoms with E-state index in [1.54, 1.807) is 0 Å². The highest BCUT2D eigenvalue weighted by molar-refractivity contribution is 7.80. The van der Waals surface area contributed by atoms with Crippen molar-refractivity contribution in [3.8, 4) is 0 Å². The number of esters is 1. The molecule has 13 heteroatoms. The second-order valence-electron chi connectivity index (χ2n) is 18.1. The van der Waals surface area contributed by atoms with Crippen LogP contribution < -0.4 is 0 Å². The van der Waals surface area contributed by atoms with Gasteiger partial charge in [-0.2, -0.15) is 8.42 Å². The topological polar surface area (TPSA) is 178 Å². The molecule has 0 bridgehead atoms. The lowest BCUT2D eigenvalue weighted by Crippen LogP contribution is -2.60. The minimum absolute atomic E-state index is 0.0124. The minimum Gasteiger partial charge on any atom is -0.457 e. The van der Waals surface area contributed by atoms with Crippen LogP contribution in [0, 0.1) is 0 Å². The van der Waals surface area contributed by atoms with Crippen LogP contribution in [0.25, 0.3) is 0 Å². The van der Waals surface area contributed by atoms with E-state index in [4.69, 9.17) is 18.9 Å². The zero-order valence-electron chi connectivity index (χ0n) is 43.3. The summed E-state index contributed by atoms with van der Waals surface area (Å²) < 4.78 is 59.3. The Bertz CT molecular complexity index is 1580. The van der Waals surface area contributed by atoms with Crippen molar-refractivity contribution in [3.63, 3.8) is 0 Å². The number of hydrogen-bond acceptors (Lipinski definition) is 11. The van der Waals surface area contributed by atoms with Gasteiger partial charge in [0.15, 0.2) is 6.29 Å². The molecule has 6 atom stereocenters. The third-order valence-corrected chi connectivity index (χ3v) is 12.2. The molecule has 0 aromatic rings. The SMILES string of the molecule is CC/C=C\C/C=C\C/C=C\C/C=C\C/C=C\CCCCCC(=O)OC(COCCCCCCCCCCC/C=C\C/C=C\C/C=C\CCCCCCC)COC1OC(CO)C(O)C(OS(=O)(=O)O)C1O. The van der Waals surface area contributed by atoms with Gasteiger partial charge in [0.05, 0.1) is 19.8 Å². The molecule has 0 spiro atoms. The summed E-state index contributed by atoms with van der Waals surface area (Å²) in [4.78, 5) is 12.9. The number of allylic oxidation sites excluding steroid dienone is 16. The summed E-state index contributed by atoms with van der Waals surface area (Å²) in [6.45, 7) is 3.81. The number of rotatable bonds is 46. The third kappa shape index (κ3) is 39.6. The quantitative estimate of drug-likeness (QED) is 0.0197. The van der Waals surface area contributed by atoms with Crippen LogP contribution in [0.2, 0.25) is 0 Å². The van der Waals surface area contributed by atoms with Gasteiger partial charge in [-0.1, -0.05) is 188 Å². The van der Waals surface area contributed by atoms with Crippen molar-refractivity contribution in [1.29, 1.82) is 0 Å². The first kappa shape index (κ1) is 65.0. The second-order valence-corrected chi connectivity index (χ2v) is 19.1. The molecule has 4 N–H and O–H groups in total. The van der Waals surface area contributed by atoms with Crippen LogP contribution in [-0.2, 0) is 38.3 Å². The van der Waals surface area contributed by atoms with Crippen LogP contribution in [0.3, 0.4) is 0 Å². The lowest BCUT2D eigenvalue weighted by atomic mass is 9.99. The monoisotopic (exact) mass is 1000 g/mol. The Morgan fingerprint density at radius 3 is 1.44 bits per heavy atom. The Balaban J connectivity index is 2.37. The third-order valence-electron chi connectivity index (χ3n) is 11.7. The Hall–Kier alpha value is -2.98. The van der Waals surface area contributed by atoms with Gasteiger partial charge in [0.1, 0.15) is 30.5 Å². The summed E-state index contributed by atoms with van der Waals surface area (Å²) in [5.41, 5.74) is 0. The average Bonchev–Trinajstić information content (AvgIpc) is 3.34. The standard InChI is InChI=1S/C57H96O12S/c1-3-5-7-9-11-13-15-17-19-21-23-24-25-26-27-29-31-33-35-37-39-41-43-45-47-65-49-51(50-66-57-55(61)56(69-70(62,63)64)54(60)52(48-58)68-57)67-53(59)46-44-42-40-38-36-34-32-30-28-22-20-18-16-14-12-10-8-6-4-2/h6,8,12,14-15,17-18,20-21,23,25-26,28,30,34,36,51-52,54-58,60-61H,3-5,7,9-11,13,16,19,22,24,27,29,31-33,35,37-50H2,1-2H3,(H,62,63,64)/b8-6-,14-12-,17-15-,20-18-,23-21-,26-25-,30-28-,36-34-. The van der Waals surface area contributed by atoms with Crippen molar-refractivity contribution >= 4 is 16.4 Å². The Labute approximate surface area is 425 Å². The summed E-state index contributed by atoms with van der Waals surface area (Å²) in [6.07, 6.45) is 55.8. The summed E-state index contributed by atoms with van der Waals surface area (Å²) in [6, 6.07) is 0. The Morgan fingerprint density at radius 2 is 0.986 bits per heavy atom. The fourth-order valence-electron chi connectivity index (χ4n) is 7.65. The van der Waals surface area contributed by atoms with Crippen molar-refractivity contribution < 1.29 is 56.2 Å². The molecular weight excluding hydrogens is 909 g/mol. The molecule has 402 valence electrons. The number of unbranched alkanes of at least 4 members (excludes halogenated alkanes) is 17. The van der Waals surface area contributed by atoms with E-state index in [0.29, 0.717) is 13.0 Å². The van der Waals surface area contributed by atoms with Crippen molar-refractivity contribution in [2.24, 2.45) is 0 Å². The van der Waals surface area contributed by atoms with E-state index in [9.17, 15) is 33.1 Å². The van der Waals surface area contributed by atoms with E-state index in [-0.39, 0.29) is 19.6 Å². The number of ether oxygens (including phenoxy) is 4. The minimum atomic E-state index is -5.08. The van der Waals surface area contributed by atoms with E-state index in [1.807, 2.05) is 0 Å². The van der Waals surface area contributed by atoms with Gasteiger partial charge in [0.25, 0.3) is 0 Å². The maximum Gasteiger partial charge on any atom is 0.397 e. The molecule has 1 heterocycles. The van der Waals surface area contributed by atoms with E-state index in [1.165, 1.54) is 77.0 Å². The molecule has 0 saturated carbocycles. The summed E-state index contributed by atoms with van der Waals surface area (Å²) in [7, 11) is -5.08. The molecule has 1 rings (SSSR count). The molecular formula is C57H96O12S. The molecule has 0 aliphatic carbocycles. The van der Waals surface area contributed by atoms with Gasteiger partial charge >= 0.3 is 16.4 Å². The fourth-order valence-corrected chi connectivity index (χ4v) is 8.16. The normalized spacial score (nSPS) is 19.9. The van der Waals surface area contributed by atoms with Crippen molar-refractivity contribution in [2.45, 2.75) is 230 Å². The van der Waals surface area contributed by atoms with E-state index >= 15 is 0 Å². The van der Waals surface area contributed by atoms with Crippen LogP contribution in [0.1, 0.15) is 194 Å². The zero-order chi connectivity index (χ0) is 51.0. The van der Waals surface area contributed by atoms with Crippen molar-refractivity contribution in [1.82, 2.24) is 0 Å². The predicted octanol–water partition coefficient (Wildman–Crippen LogP) is 13.0. The summed E-state index contributed by atoms with van der Waals surface area (Å²) >= 11 is 0. The molecule has 0 aromatic carbocycles. The summed E-state index contributed by atoms with van der Waals surface area (Å²) in [5, 5.41) is 30.8. The number of aliphatic hydroxyl groups excluding tert-OH is 3. The second kappa shape index (κ2) is 47.1. The molecule has 1 saturated heterocycles. The van der Waals surface area contributed by atoms with Gasteiger partial charge in [-0.05, 0) is 96.3 Å². The average molecular weight is 1010 g/mol. The van der Waals surface area contributed by atoms with Crippen molar-refractivity contribution in [2.75, 3.05) is 26.4 Å². The number of carbonyl (C=O) groups is 1. The van der Waals surface area contributed by atoms with Gasteiger partial charge in [0, 0.05) is 13.0 Å². The molecule has 0 amide bonds. The molecule has 12 nitrogen and oxygen atoms in total. The van der Waals surface area contributed by atoms with Gasteiger partial charge in [-0.3, -0.25) is 9.35 Å². The van der Waals surface area contributed by atoms with Gasteiger partial charge < -0.3 is 34.3 Å². The molecule has 1 aliphatic rings. The van der Waals surface area contributed by atoms with Crippen molar-refractivity contribution in [3.05, 3.63) is 97.2 Å². The van der Waals surface area contributed by atoms with Crippen LogP contribution in [-0.4, -0.2) is 97.5 Å². The van der Waals surface area contributed by atoms with E-state index < -0.39 is 59.8 Å². The Morgan fingerprint density at radius 1 is 0.557 bits per heavy atom. The van der Waals surface area contributed by atoms with Crippen LogP contribution in [0.15, 0.2) is 97.2 Å². The maximum absolute atomic E-state index is 12.9. The maximum atomic E-state index is 12.9. The van der Waals surface area contributed by atoms with E-state index in [2.05, 4.69) is 115 Å². The van der Waals surface area contributed by atoms with Crippen LogP contribution in [0.4, 0.5) is 0 Å². The summed E-state index contributed by atoms with van der Waals surface area (Å²) in [5.74, 6) is -0.435. The smallest absolute Gasteiger partial charge is 0.397 e. The fraction of sp³-hybridized carbons (Fsp3) is 0.702. The molecule has 1 fully saturated rings. The van der Waals surface area contributed by atoms with Gasteiger partial charge in [-0.15, -0.1) is 0 Å². The lowest BCUT2D eigenvalue weighted by Gasteiger charge is -2.41. The highest BCUT2D eigenvalue weighted by Gasteiger charge is 2.48. The molecule has 0 aromatic heterocycles. The first-order chi connectivity index (χ1) is 34.1. The highest BCUT2D eigenvalue weighted by Crippen LogP contribution is 2.26. The van der Waals surface area contributed by atoms with E-state index in [0.717, 1.165) is 89.9 Å². The Kier molecular flexibility index (Phi) is 43.7. The van der Waals surface area contributed by atoms with Crippen LogP contribution >= 0.6 is 0 Å². The first-order valence-electron chi connectivity index (χ1n) is 27.0. The lowest BCUT2D eigenvalue weighted by molar-refractivity contribution is -0.301. The molecule has 6 unspecified atom stereocenters. The number of aliphatic hydroxyl groups is 3. The van der Waals surface area contributed by atoms with Gasteiger partial charge in [-0.25, -0.2) is 4.18 Å². The molecule has 1 aliphatic heterocycles. The molecule has 70 heavy (non-hydrogen) atoms. The first-order valence-corrected chi connectivity index (χ1v) is 28.4. The highest BCUT2D eigenvalue weighted by atomic mass is 32.3. The number of hydrogen-bond donors (Lipinski definition) is 4. The number of carbonyl (C=O) groups excluding carboxylic acids is 1. The van der Waals surface area contributed by atoms with Crippen LogP contribution in [0.5, 0.6) is 0 Å². The largest absolute Gasteiger partial charge is 0.457 e. The zero-order valence-corrected chi connectivity index (χ0v) is 44.1.